The summed E-state index contributed by atoms with van der Waals surface area (Å²) >= 11 is 0. The molecule has 0 aromatic heterocycles. The minimum atomic E-state index is -0.620. The fourth-order valence-electron chi connectivity index (χ4n) is 2.86. The van der Waals surface area contributed by atoms with E-state index in [1.165, 1.54) is 0 Å². The molecule has 0 aliphatic carbocycles. The molecule has 0 unspecified atom stereocenters. The number of nitrogens with two attached hydrogens (primary N) is 1. The van der Waals surface area contributed by atoms with E-state index in [0.717, 1.165) is 17.5 Å². The summed E-state index contributed by atoms with van der Waals surface area (Å²) in [5.41, 5.74) is 7.13. The molecule has 128 valence electrons. The van der Waals surface area contributed by atoms with Crippen LogP contribution in [0.5, 0.6) is 0 Å². The first-order valence-electron chi connectivity index (χ1n) is 7.91. The minimum Gasteiger partial charge on any atom is -0.344 e. The highest BCUT2D eigenvalue weighted by Crippen LogP contribution is 2.26. The fraction of sp³-hybridized carbons (Fsp3) is 0.556. The van der Waals surface area contributed by atoms with Crippen molar-refractivity contribution < 1.29 is 9.59 Å². The van der Waals surface area contributed by atoms with Gasteiger partial charge < -0.3 is 16.4 Å². The summed E-state index contributed by atoms with van der Waals surface area (Å²) in [6, 6.07) is 7.62. The topological polar surface area (TPSA) is 84.2 Å². The molecule has 0 aliphatic rings. The monoisotopic (exact) mass is 319 g/mol. The van der Waals surface area contributed by atoms with E-state index < -0.39 is 17.4 Å². The number of carbonyl (C=O) groups excluding carboxylic acids is 2. The predicted molar refractivity (Wildman–Crippen MR) is 92.5 cm³/mol. The van der Waals surface area contributed by atoms with Crippen LogP contribution in [0.15, 0.2) is 24.3 Å². The van der Waals surface area contributed by atoms with Crippen LogP contribution in [0.4, 0.5) is 0 Å². The van der Waals surface area contributed by atoms with Gasteiger partial charge in [0, 0.05) is 18.6 Å². The molecule has 0 radical (unpaired) electrons. The molecule has 5 nitrogen and oxygen atoms in total. The predicted octanol–water partition coefficient (Wildman–Crippen LogP) is 2.09. The fourth-order valence-corrected chi connectivity index (χ4v) is 2.86. The second-order valence-electron chi connectivity index (χ2n) is 7.78. The Morgan fingerprint density at radius 2 is 1.65 bits per heavy atom. The van der Waals surface area contributed by atoms with Crippen LogP contribution in [0, 0.1) is 5.41 Å². The number of hydrogen-bond donors (Lipinski definition) is 3. The molecule has 0 bridgehead atoms. The van der Waals surface area contributed by atoms with Gasteiger partial charge in [0.25, 0.3) is 0 Å². The number of benzene rings is 1. The van der Waals surface area contributed by atoms with Gasteiger partial charge in [-0.05, 0) is 36.8 Å². The van der Waals surface area contributed by atoms with E-state index in [4.69, 9.17) is 5.73 Å². The summed E-state index contributed by atoms with van der Waals surface area (Å²) in [7, 11) is 0. The van der Waals surface area contributed by atoms with Crippen LogP contribution in [0.3, 0.4) is 0 Å². The van der Waals surface area contributed by atoms with E-state index in [-0.39, 0.29) is 5.41 Å². The molecule has 2 amide bonds. The van der Waals surface area contributed by atoms with Crippen molar-refractivity contribution in [2.45, 2.75) is 59.7 Å². The Hall–Kier alpha value is -1.88. The molecule has 0 aliphatic heterocycles. The molecular formula is C18H29N3O2. The summed E-state index contributed by atoms with van der Waals surface area (Å²) in [5, 5.41) is 5.44. The van der Waals surface area contributed by atoms with Gasteiger partial charge in [-0.1, -0.05) is 45.0 Å². The van der Waals surface area contributed by atoms with E-state index in [1.807, 2.05) is 38.1 Å². The van der Waals surface area contributed by atoms with E-state index in [0.29, 0.717) is 13.1 Å². The number of carbonyl (C=O) groups is 2. The van der Waals surface area contributed by atoms with Crippen LogP contribution in [-0.2, 0) is 22.7 Å². The first-order valence-corrected chi connectivity index (χ1v) is 7.91. The van der Waals surface area contributed by atoms with Gasteiger partial charge in [0.1, 0.15) is 0 Å². The van der Waals surface area contributed by atoms with Gasteiger partial charge in [-0.25, -0.2) is 0 Å². The zero-order valence-electron chi connectivity index (χ0n) is 14.8. The lowest BCUT2D eigenvalue weighted by atomic mass is 9.82. The number of amides is 2. The van der Waals surface area contributed by atoms with Crippen LogP contribution in [0.2, 0.25) is 0 Å². The van der Waals surface area contributed by atoms with Crippen LogP contribution < -0.4 is 16.4 Å². The molecule has 0 spiro atoms. The smallest absolute Gasteiger partial charge is 0.309 e. The Morgan fingerprint density at radius 1 is 1.04 bits per heavy atom. The summed E-state index contributed by atoms with van der Waals surface area (Å²) in [4.78, 5) is 24.0. The van der Waals surface area contributed by atoms with Crippen molar-refractivity contribution in [2.75, 3.05) is 0 Å². The molecule has 5 heteroatoms. The van der Waals surface area contributed by atoms with Crippen molar-refractivity contribution in [1.82, 2.24) is 10.6 Å². The van der Waals surface area contributed by atoms with Gasteiger partial charge in [0.2, 0.25) is 0 Å². The summed E-state index contributed by atoms with van der Waals surface area (Å²) < 4.78 is 0. The highest BCUT2D eigenvalue weighted by Gasteiger charge is 2.29. The third kappa shape index (κ3) is 7.28. The third-order valence-electron chi connectivity index (χ3n) is 3.31. The van der Waals surface area contributed by atoms with Gasteiger partial charge >= 0.3 is 11.8 Å². The zero-order chi connectivity index (χ0) is 17.7. The van der Waals surface area contributed by atoms with Crippen LogP contribution >= 0.6 is 0 Å². The largest absolute Gasteiger partial charge is 0.344 e. The molecule has 0 saturated heterocycles. The van der Waals surface area contributed by atoms with Crippen molar-refractivity contribution in [3.05, 3.63) is 35.4 Å². The Labute approximate surface area is 139 Å². The van der Waals surface area contributed by atoms with Gasteiger partial charge in [0.15, 0.2) is 0 Å². The number of rotatable bonds is 5. The van der Waals surface area contributed by atoms with Crippen LogP contribution in [0.25, 0.3) is 0 Å². The minimum absolute atomic E-state index is 0.0654. The second-order valence-corrected chi connectivity index (χ2v) is 7.78. The Bertz CT molecular complexity index is 560. The summed E-state index contributed by atoms with van der Waals surface area (Å²) in [6.45, 7) is 10.9. The summed E-state index contributed by atoms with van der Waals surface area (Å²) in [6.07, 6.45) is 0.775. The molecule has 1 rings (SSSR count). The standard InChI is InChI=1S/C18H29N3O2/c1-17(2,3)12-18(4,5)21-16(23)15(22)20-11-14-8-6-7-13(9-14)10-19/h6-9H,10-12,19H2,1-5H3,(H,20,22)(H,21,23). The van der Waals surface area contributed by atoms with Crippen molar-refractivity contribution in [3.8, 4) is 0 Å². The molecule has 1 aromatic carbocycles. The van der Waals surface area contributed by atoms with Gasteiger partial charge in [-0.15, -0.1) is 0 Å². The highest BCUT2D eigenvalue weighted by molar-refractivity contribution is 6.35. The van der Waals surface area contributed by atoms with Gasteiger partial charge in [-0.3, -0.25) is 9.59 Å². The Balaban J connectivity index is 2.55. The van der Waals surface area contributed by atoms with Crippen LogP contribution in [0.1, 0.15) is 52.2 Å². The quantitative estimate of drug-likeness (QED) is 0.727. The van der Waals surface area contributed by atoms with E-state index in [2.05, 4.69) is 31.4 Å². The lowest BCUT2D eigenvalue weighted by Gasteiger charge is -2.33. The maximum absolute atomic E-state index is 12.0. The maximum Gasteiger partial charge on any atom is 0.309 e. The lowest BCUT2D eigenvalue weighted by molar-refractivity contribution is -0.140. The van der Waals surface area contributed by atoms with Crippen molar-refractivity contribution in [2.24, 2.45) is 11.1 Å². The van der Waals surface area contributed by atoms with Crippen molar-refractivity contribution in [1.29, 1.82) is 0 Å². The zero-order valence-corrected chi connectivity index (χ0v) is 14.8. The molecule has 23 heavy (non-hydrogen) atoms. The molecule has 0 saturated carbocycles. The normalized spacial score (nSPS) is 11.9. The lowest BCUT2D eigenvalue weighted by Crippen LogP contribution is -2.51. The van der Waals surface area contributed by atoms with Crippen molar-refractivity contribution in [3.63, 3.8) is 0 Å². The van der Waals surface area contributed by atoms with E-state index >= 15 is 0 Å². The average molecular weight is 319 g/mol. The average Bonchev–Trinajstić information content (AvgIpc) is 2.41. The molecule has 0 fully saturated rings. The summed E-state index contributed by atoms with van der Waals surface area (Å²) in [5.74, 6) is -1.22. The molecule has 1 aromatic rings. The van der Waals surface area contributed by atoms with Gasteiger partial charge in [0.05, 0.1) is 0 Å². The Morgan fingerprint density at radius 3 is 2.22 bits per heavy atom. The van der Waals surface area contributed by atoms with E-state index in [9.17, 15) is 9.59 Å². The number of nitrogens with one attached hydrogen (secondary N) is 2. The molecule has 4 N–H and O–H groups in total. The van der Waals surface area contributed by atoms with E-state index in [1.54, 1.807) is 0 Å². The molecule has 0 atom stereocenters. The maximum atomic E-state index is 12.0. The third-order valence-corrected chi connectivity index (χ3v) is 3.31. The molecule has 0 heterocycles. The van der Waals surface area contributed by atoms with Crippen molar-refractivity contribution >= 4 is 11.8 Å². The number of hydrogen-bond acceptors (Lipinski definition) is 3. The SMILES string of the molecule is CC(C)(C)CC(C)(C)NC(=O)C(=O)NCc1cccc(CN)c1. The first kappa shape index (κ1) is 19.2. The Kier molecular flexibility index (Phi) is 6.33. The van der Waals surface area contributed by atoms with Crippen LogP contribution in [-0.4, -0.2) is 17.4 Å². The van der Waals surface area contributed by atoms with Gasteiger partial charge in [-0.2, -0.15) is 0 Å². The molecular weight excluding hydrogens is 290 g/mol. The first-order chi connectivity index (χ1) is 10.5. The highest BCUT2D eigenvalue weighted by atomic mass is 16.2. The second kappa shape index (κ2) is 7.59.